The maximum Gasteiger partial charge on any atom is 0.230 e. The fraction of sp³-hybridized carbons (Fsp3) is 0.353. The van der Waals surface area contributed by atoms with E-state index in [9.17, 15) is 4.79 Å². The number of hydrogen-bond donors (Lipinski definition) is 1. The Morgan fingerprint density at radius 1 is 1.28 bits per heavy atom. The predicted octanol–water partition coefficient (Wildman–Crippen LogP) is 1.61. The Labute approximate surface area is 144 Å². The molecule has 1 amide bonds. The minimum absolute atomic E-state index is 0.000105. The lowest BCUT2D eigenvalue weighted by Gasteiger charge is -2.32. The van der Waals surface area contributed by atoms with E-state index >= 15 is 0 Å². The number of amides is 1. The first-order valence-corrected chi connectivity index (χ1v) is 8.32. The van der Waals surface area contributed by atoms with E-state index in [2.05, 4.69) is 30.3 Å². The zero-order valence-corrected chi connectivity index (χ0v) is 14.0. The van der Waals surface area contributed by atoms with Gasteiger partial charge in [0, 0.05) is 26.3 Å². The number of aromatic nitrogens is 5. The number of nitrogens with zero attached hydrogens (tertiary/aromatic N) is 6. The van der Waals surface area contributed by atoms with Crippen LogP contribution in [0.5, 0.6) is 0 Å². The molecule has 0 spiro atoms. The lowest BCUT2D eigenvalue weighted by Crippen LogP contribution is -2.41. The Hall–Kier alpha value is -3.03. The molecule has 0 aliphatic carbocycles. The van der Waals surface area contributed by atoms with Crippen molar-refractivity contribution in [3.05, 3.63) is 36.9 Å². The normalized spacial score (nSPS) is 17.6. The standard InChI is InChI=1S/C17H19N7O/c1-23-15-13(9-21-23)16(20-11-19-15)24-8-4-5-12(10-24)17(25)22-14-6-2-3-7-18-14/h2-3,6-7,9,11-12H,4-5,8,10H2,1H3,(H,18,22,25)/t12-/m0/s1. The topological polar surface area (TPSA) is 88.8 Å². The quantitative estimate of drug-likeness (QED) is 0.781. The van der Waals surface area contributed by atoms with Gasteiger partial charge in [-0.3, -0.25) is 9.48 Å². The first kappa shape index (κ1) is 15.5. The minimum Gasteiger partial charge on any atom is -0.355 e. The van der Waals surface area contributed by atoms with Crippen molar-refractivity contribution in [3.63, 3.8) is 0 Å². The van der Waals surface area contributed by atoms with E-state index in [-0.39, 0.29) is 11.8 Å². The average molecular weight is 337 g/mol. The van der Waals surface area contributed by atoms with Gasteiger partial charge in [0.25, 0.3) is 0 Å². The fourth-order valence-corrected chi connectivity index (χ4v) is 3.25. The van der Waals surface area contributed by atoms with Gasteiger partial charge in [0.05, 0.1) is 17.5 Å². The van der Waals surface area contributed by atoms with Crippen LogP contribution in [0.15, 0.2) is 36.9 Å². The molecule has 0 aromatic carbocycles. The highest BCUT2D eigenvalue weighted by atomic mass is 16.2. The van der Waals surface area contributed by atoms with Crippen LogP contribution in [-0.4, -0.2) is 43.7 Å². The summed E-state index contributed by atoms with van der Waals surface area (Å²) in [5.41, 5.74) is 0.796. The Kier molecular flexibility index (Phi) is 4.01. The van der Waals surface area contributed by atoms with E-state index in [1.54, 1.807) is 29.5 Å². The molecule has 0 unspecified atom stereocenters. The van der Waals surface area contributed by atoms with Gasteiger partial charge in [0.15, 0.2) is 5.65 Å². The van der Waals surface area contributed by atoms with Gasteiger partial charge in [0.2, 0.25) is 5.91 Å². The number of anilines is 2. The molecule has 0 saturated carbocycles. The van der Waals surface area contributed by atoms with E-state index < -0.39 is 0 Å². The zero-order chi connectivity index (χ0) is 17.2. The number of hydrogen-bond acceptors (Lipinski definition) is 6. The maximum absolute atomic E-state index is 12.6. The van der Waals surface area contributed by atoms with Crippen molar-refractivity contribution in [2.75, 3.05) is 23.3 Å². The average Bonchev–Trinajstić information content (AvgIpc) is 3.04. The molecule has 3 aromatic rings. The lowest BCUT2D eigenvalue weighted by atomic mass is 9.97. The van der Waals surface area contributed by atoms with Crippen LogP contribution in [0.2, 0.25) is 0 Å². The van der Waals surface area contributed by atoms with Gasteiger partial charge < -0.3 is 10.2 Å². The van der Waals surface area contributed by atoms with Crippen molar-refractivity contribution >= 4 is 28.6 Å². The van der Waals surface area contributed by atoms with Gasteiger partial charge in [0.1, 0.15) is 18.0 Å². The van der Waals surface area contributed by atoms with E-state index in [4.69, 9.17) is 0 Å². The second-order valence-electron chi connectivity index (χ2n) is 6.19. The zero-order valence-electron chi connectivity index (χ0n) is 14.0. The molecule has 1 aliphatic heterocycles. The Morgan fingerprint density at radius 3 is 3.04 bits per heavy atom. The molecular formula is C17H19N7O. The van der Waals surface area contributed by atoms with Gasteiger partial charge >= 0.3 is 0 Å². The van der Waals surface area contributed by atoms with Crippen LogP contribution in [0, 0.1) is 5.92 Å². The number of nitrogens with one attached hydrogen (secondary N) is 1. The van der Waals surface area contributed by atoms with Gasteiger partial charge in [-0.15, -0.1) is 0 Å². The smallest absolute Gasteiger partial charge is 0.230 e. The number of piperidine rings is 1. The largest absolute Gasteiger partial charge is 0.355 e. The minimum atomic E-state index is -0.0996. The molecule has 1 aliphatic rings. The lowest BCUT2D eigenvalue weighted by molar-refractivity contribution is -0.120. The number of rotatable bonds is 3. The van der Waals surface area contributed by atoms with E-state index in [1.165, 1.54) is 0 Å². The van der Waals surface area contributed by atoms with Gasteiger partial charge in [-0.25, -0.2) is 15.0 Å². The van der Waals surface area contributed by atoms with Crippen molar-refractivity contribution in [3.8, 4) is 0 Å². The third-order valence-electron chi connectivity index (χ3n) is 4.52. The molecular weight excluding hydrogens is 318 g/mol. The van der Waals surface area contributed by atoms with Crippen molar-refractivity contribution in [2.24, 2.45) is 13.0 Å². The van der Waals surface area contributed by atoms with Crippen molar-refractivity contribution < 1.29 is 4.79 Å². The van der Waals surface area contributed by atoms with Crippen LogP contribution in [-0.2, 0) is 11.8 Å². The summed E-state index contributed by atoms with van der Waals surface area (Å²) in [6, 6.07) is 5.48. The highest BCUT2D eigenvalue weighted by molar-refractivity contribution is 5.92. The third kappa shape index (κ3) is 3.02. The van der Waals surface area contributed by atoms with Gasteiger partial charge in [-0.1, -0.05) is 6.07 Å². The van der Waals surface area contributed by atoms with Crippen LogP contribution < -0.4 is 10.2 Å². The molecule has 4 heterocycles. The number of carbonyl (C=O) groups is 1. The molecule has 1 fully saturated rings. The fourth-order valence-electron chi connectivity index (χ4n) is 3.25. The second kappa shape index (κ2) is 6.46. The summed E-state index contributed by atoms with van der Waals surface area (Å²) >= 11 is 0. The summed E-state index contributed by atoms with van der Waals surface area (Å²) in [5.74, 6) is 1.33. The summed E-state index contributed by atoms with van der Waals surface area (Å²) < 4.78 is 1.73. The van der Waals surface area contributed by atoms with E-state index in [1.807, 2.05) is 19.2 Å². The first-order chi connectivity index (χ1) is 12.2. The molecule has 0 bridgehead atoms. The van der Waals surface area contributed by atoms with Crippen LogP contribution in [0.1, 0.15) is 12.8 Å². The second-order valence-corrected chi connectivity index (χ2v) is 6.19. The highest BCUT2D eigenvalue weighted by Crippen LogP contribution is 2.27. The van der Waals surface area contributed by atoms with Crippen molar-refractivity contribution in [2.45, 2.75) is 12.8 Å². The molecule has 1 atom stereocenters. The van der Waals surface area contributed by atoms with Crippen LogP contribution in [0.3, 0.4) is 0 Å². The summed E-state index contributed by atoms with van der Waals surface area (Å²) in [7, 11) is 1.86. The predicted molar refractivity (Wildman–Crippen MR) is 94.1 cm³/mol. The molecule has 4 rings (SSSR count). The molecule has 1 N–H and O–H groups in total. The summed E-state index contributed by atoms with van der Waals surface area (Å²) in [4.78, 5) is 27.6. The molecule has 0 radical (unpaired) electrons. The third-order valence-corrected chi connectivity index (χ3v) is 4.52. The maximum atomic E-state index is 12.6. The SMILES string of the molecule is Cn1ncc2c(N3CCC[C@H](C(=O)Nc4ccccn4)C3)ncnc21. The molecule has 8 nitrogen and oxygen atoms in total. The summed E-state index contributed by atoms with van der Waals surface area (Å²) in [5, 5.41) is 8.07. The highest BCUT2D eigenvalue weighted by Gasteiger charge is 2.28. The number of pyridine rings is 1. The Bertz CT molecular complexity index is 892. The van der Waals surface area contributed by atoms with Crippen molar-refractivity contribution in [1.29, 1.82) is 0 Å². The number of carbonyl (C=O) groups excluding carboxylic acids is 1. The Morgan fingerprint density at radius 2 is 2.20 bits per heavy atom. The van der Waals surface area contributed by atoms with Crippen molar-refractivity contribution in [1.82, 2.24) is 24.7 Å². The monoisotopic (exact) mass is 337 g/mol. The van der Waals surface area contributed by atoms with Gasteiger partial charge in [-0.05, 0) is 25.0 Å². The summed E-state index contributed by atoms with van der Waals surface area (Å²) in [6.07, 6.45) is 6.80. The van der Waals surface area contributed by atoms with Crippen LogP contribution >= 0.6 is 0 Å². The molecule has 25 heavy (non-hydrogen) atoms. The molecule has 128 valence electrons. The number of aryl methyl sites for hydroxylation is 1. The van der Waals surface area contributed by atoms with Gasteiger partial charge in [-0.2, -0.15) is 5.10 Å². The Balaban J connectivity index is 1.53. The van der Waals surface area contributed by atoms with Crippen LogP contribution in [0.4, 0.5) is 11.6 Å². The number of fused-ring (bicyclic) bond motifs is 1. The van der Waals surface area contributed by atoms with E-state index in [0.717, 1.165) is 36.2 Å². The summed E-state index contributed by atoms with van der Waals surface area (Å²) in [6.45, 7) is 1.49. The molecule has 1 saturated heterocycles. The molecule has 8 heteroatoms. The van der Waals surface area contributed by atoms with E-state index in [0.29, 0.717) is 12.4 Å². The molecule has 3 aromatic heterocycles. The first-order valence-electron chi connectivity index (χ1n) is 8.32. The van der Waals surface area contributed by atoms with Crippen LogP contribution in [0.25, 0.3) is 11.0 Å².